The average molecular weight is 1190 g/mol. The van der Waals surface area contributed by atoms with E-state index in [0.29, 0.717) is 148 Å². The van der Waals surface area contributed by atoms with Gasteiger partial charge in [-0.2, -0.15) is 0 Å². The summed E-state index contributed by atoms with van der Waals surface area (Å²) < 4.78 is 0. The van der Waals surface area contributed by atoms with Gasteiger partial charge in [-0.05, 0) is 243 Å². The molecule has 0 nitrogen and oxygen atoms in total. The molecule has 0 aliphatic carbocycles. The third kappa shape index (κ3) is 21.5. The molecule has 0 saturated heterocycles. The van der Waals surface area contributed by atoms with E-state index in [0.717, 1.165) is 94.7 Å². The molecule has 0 heteroatoms. The smallest absolute Gasteiger partial charge is 0.0386 e. The van der Waals surface area contributed by atoms with E-state index in [1.165, 1.54) is 6.42 Å². The maximum atomic E-state index is 2.63. The Bertz CT molecular complexity index is 1720. The maximum absolute atomic E-state index is 2.63. The molecular formula is C85H172. The summed E-state index contributed by atoms with van der Waals surface area (Å²) in [6, 6.07) is 0. The Hall–Kier alpha value is 0. The van der Waals surface area contributed by atoms with Crippen LogP contribution in [0.4, 0.5) is 0 Å². The molecule has 0 fully saturated rings. The van der Waals surface area contributed by atoms with Crippen LogP contribution < -0.4 is 0 Å². The molecule has 0 aliphatic heterocycles. The van der Waals surface area contributed by atoms with Gasteiger partial charge in [0.2, 0.25) is 0 Å². The third-order valence-corrected chi connectivity index (χ3v) is 34.1. The normalized spacial score (nSPS) is 27.4. The highest BCUT2D eigenvalue weighted by Crippen LogP contribution is 2.50. The van der Waals surface area contributed by atoms with Gasteiger partial charge in [0.05, 0.1) is 0 Å². The Morgan fingerprint density at radius 3 is 0.247 bits per heavy atom. The van der Waals surface area contributed by atoms with E-state index in [9.17, 15) is 0 Å². The fraction of sp³-hybridized carbons (Fsp3) is 1.00. The molecule has 40 atom stereocenters. The molecule has 0 aromatic carbocycles. The van der Waals surface area contributed by atoms with Crippen LogP contribution in [0, 0.1) is 243 Å². The van der Waals surface area contributed by atoms with Crippen molar-refractivity contribution >= 4 is 0 Å². The first-order valence-corrected chi connectivity index (χ1v) is 38.7. The van der Waals surface area contributed by atoms with Crippen LogP contribution in [0.15, 0.2) is 0 Å². The summed E-state index contributed by atoms with van der Waals surface area (Å²) in [7, 11) is 0. The van der Waals surface area contributed by atoms with Crippen molar-refractivity contribution in [3.05, 3.63) is 0 Å². The van der Waals surface area contributed by atoms with Crippen molar-refractivity contribution in [3.8, 4) is 0 Å². The topological polar surface area (TPSA) is 0 Å². The second kappa shape index (κ2) is 37.6. The molecule has 0 spiro atoms. The van der Waals surface area contributed by atoms with Crippen molar-refractivity contribution in [2.24, 2.45) is 243 Å². The van der Waals surface area contributed by atoms with E-state index in [4.69, 9.17) is 0 Å². The summed E-state index contributed by atoms with van der Waals surface area (Å²) in [5, 5.41) is 0. The van der Waals surface area contributed by atoms with Crippen LogP contribution in [0.5, 0.6) is 0 Å². The highest BCUT2D eigenvalue weighted by Gasteiger charge is 2.43. The Labute approximate surface area is 543 Å². The lowest BCUT2D eigenvalue weighted by Gasteiger charge is -2.45. The van der Waals surface area contributed by atoms with Gasteiger partial charge in [-0.1, -0.05) is 304 Å². The highest BCUT2D eigenvalue weighted by molar-refractivity contribution is 4.92. The van der Waals surface area contributed by atoms with Gasteiger partial charge in [-0.3, -0.25) is 0 Å². The molecule has 0 aliphatic rings. The van der Waals surface area contributed by atoms with E-state index in [2.05, 4.69) is 298 Å². The zero-order valence-electron chi connectivity index (χ0n) is 67.4. The maximum Gasteiger partial charge on any atom is -0.0386 e. The van der Waals surface area contributed by atoms with Crippen LogP contribution in [0.1, 0.15) is 304 Å². The van der Waals surface area contributed by atoms with E-state index in [1.807, 2.05) is 0 Å². The summed E-state index contributed by atoms with van der Waals surface area (Å²) in [6.07, 6.45) is 1.29. The lowest BCUT2D eigenvalue weighted by atomic mass is 9.60. The first-order chi connectivity index (χ1) is 38.7. The SMILES string of the molecule is CCC(C)C(C)C(C)C(C)C(C)C(C)C(C)C(C)C(C)C(C)C(C)C(C)C(C)C(C)C(C)C(C)C(C)C(C)C(C)C(C)C(C)C(C)C(C)C(C)C(C)C(C)C(C)C(C)C(C)C(C)C(C)C(C)C(C)C(C)C(C)C(C)C(C)C(C)C(C)C(C)C(C)C. The Morgan fingerprint density at radius 1 is 0.106 bits per heavy atom. The van der Waals surface area contributed by atoms with Gasteiger partial charge in [0.25, 0.3) is 0 Å². The summed E-state index contributed by atoms with van der Waals surface area (Å²) in [6.45, 7) is 111. The second-order valence-electron chi connectivity index (χ2n) is 36.1. The molecule has 0 heterocycles. The van der Waals surface area contributed by atoms with Crippen LogP contribution in [0.25, 0.3) is 0 Å². The molecule has 85 heavy (non-hydrogen) atoms. The van der Waals surface area contributed by atoms with Gasteiger partial charge in [0, 0.05) is 0 Å². The highest BCUT2D eigenvalue weighted by atomic mass is 14.5. The molecule has 0 aromatic heterocycles. The van der Waals surface area contributed by atoms with Crippen molar-refractivity contribution in [3.63, 3.8) is 0 Å². The van der Waals surface area contributed by atoms with Crippen molar-refractivity contribution in [2.45, 2.75) is 304 Å². The minimum atomic E-state index is 0.696. The van der Waals surface area contributed by atoms with Gasteiger partial charge in [0.1, 0.15) is 0 Å². The molecule has 0 saturated carbocycles. The molecule has 512 valence electrons. The largest absolute Gasteiger partial charge is 0.0651 e. The van der Waals surface area contributed by atoms with E-state index >= 15 is 0 Å². The molecule has 0 radical (unpaired) electrons. The molecular weight excluding hydrogens is 1020 g/mol. The van der Waals surface area contributed by atoms with E-state index in [1.54, 1.807) is 0 Å². The van der Waals surface area contributed by atoms with Crippen molar-refractivity contribution in [1.82, 2.24) is 0 Å². The van der Waals surface area contributed by atoms with E-state index in [-0.39, 0.29) is 0 Å². The molecule has 0 amide bonds. The fourth-order valence-electron chi connectivity index (χ4n) is 19.2. The third-order valence-electron chi connectivity index (χ3n) is 34.1. The molecule has 0 bridgehead atoms. The zero-order valence-corrected chi connectivity index (χ0v) is 67.4. The summed E-state index contributed by atoms with van der Waals surface area (Å²) in [5.74, 6) is 29.5. The Kier molecular flexibility index (Phi) is 37.6. The van der Waals surface area contributed by atoms with Crippen LogP contribution in [-0.2, 0) is 0 Å². The van der Waals surface area contributed by atoms with Gasteiger partial charge in [-0.15, -0.1) is 0 Å². The summed E-state index contributed by atoms with van der Waals surface area (Å²) in [5.41, 5.74) is 0. The predicted molar refractivity (Wildman–Crippen MR) is 392 cm³/mol. The lowest BCUT2D eigenvalue weighted by molar-refractivity contribution is 0.0347. The summed E-state index contributed by atoms with van der Waals surface area (Å²) >= 11 is 0. The number of hydrogen-bond donors (Lipinski definition) is 0. The molecule has 40 unspecified atom stereocenters. The first kappa shape index (κ1) is 85.0. The van der Waals surface area contributed by atoms with Gasteiger partial charge >= 0.3 is 0 Å². The zero-order chi connectivity index (χ0) is 67.4. The van der Waals surface area contributed by atoms with Crippen LogP contribution in [-0.4, -0.2) is 0 Å². The second-order valence-corrected chi connectivity index (χ2v) is 36.1. The van der Waals surface area contributed by atoms with Gasteiger partial charge < -0.3 is 0 Å². The minimum absolute atomic E-state index is 0.696. The monoisotopic (exact) mass is 1190 g/mol. The predicted octanol–water partition coefficient (Wildman–Crippen LogP) is 27.5. The van der Waals surface area contributed by atoms with Crippen LogP contribution in [0.2, 0.25) is 0 Å². The molecule has 0 rings (SSSR count). The number of hydrogen-bond acceptors (Lipinski definition) is 0. The minimum Gasteiger partial charge on any atom is -0.0651 e. The van der Waals surface area contributed by atoms with Crippen molar-refractivity contribution < 1.29 is 0 Å². The molecule has 0 N–H and O–H groups in total. The van der Waals surface area contributed by atoms with Crippen molar-refractivity contribution in [1.29, 1.82) is 0 Å². The van der Waals surface area contributed by atoms with E-state index < -0.39 is 0 Å². The Balaban J connectivity index is 5.83. The lowest BCUT2D eigenvalue weighted by Crippen LogP contribution is -2.39. The van der Waals surface area contributed by atoms with Gasteiger partial charge in [0.15, 0.2) is 0 Å². The fourth-order valence-corrected chi connectivity index (χ4v) is 19.2. The quantitative estimate of drug-likeness (QED) is 0.0572. The van der Waals surface area contributed by atoms with Crippen LogP contribution in [0.3, 0.4) is 0 Å². The van der Waals surface area contributed by atoms with Crippen LogP contribution >= 0.6 is 0 Å². The molecule has 0 aromatic rings. The van der Waals surface area contributed by atoms with Gasteiger partial charge in [-0.25, -0.2) is 0 Å². The first-order valence-electron chi connectivity index (χ1n) is 38.7. The summed E-state index contributed by atoms with van der Waals surface area (Å²) in [4.78, 5) is 0. The average Bonchev–Trinajstić information content (AvgIpc) is 3.21. The Morgan fingerprint density at radius 2 is 0.176 bits per heavy atom. The number of rotatable bonds is 41. The van der Waals surface area contributed by atoms with Crippen molar-refractivity contribution in [2.75, 3.05) is 0 Å². The standard InChI is InChI=1S/C85H172/c1-44-46(4)48(6)50(8)52(10)54(12)56(14)58(16)60(18)62(20)64(22)66(24)68(26)70(28)72(30)74(32)76(34)78(36)80(38)82(40)84(42)85(43)83(41)81(39)79(37)77(35)75(33)73(31)71(29)69(27)67(25)65(23)63(21)61(19)59(17)57(15)55(13)53(11)51(9)49(7)47(5)45(2)3/h45-85H,44H2,1-43H3.